The lowest BCUT2D eigenvalue weighted by atomic mass is 9.66. The molecule has 2 aliphatic rings. The van der Waals surface area contributed by atoms with Gasteiger partial charge in [-0.15, -0.1) is 0 Å². The predicted octanol–water partition coefficient (Wildman–Crippen LogP) is 3.06. The van der Waals surface area contributed by atoms with Gasteiger partial charge in [0.15, 0.2) is 0 Å². The standard InChI is InChI=1S/C16H27NO2/c1-2-19-12-11-16(9-6-10-16)13-17-15(18)14-7-4-3-5-8-14/h3-4,14H,2,5-13H2,1H3,(H,17,18)/t14-/m0/s1. The molecule has 0 heterocycles. The maximum Gasteiger partial charge on any atom is 0.223 e. The van der Waals surface area contributed by atoms with Crippen LogP contribution in [0, 0.1) is 11.3 Å². The quantitative estimate of drug-likeness (QED) is 0.567. The number of hydrogen-bond acceptors (Lipinski definition) is 2. The van der Waals surface area contributed by atoms with Crippen LogP contribution in [0.25, 0.3) is 0 Å². The van der Waals surface area contributed by atoms with Crippen LogP contribution in [0.4, 0.5) is 0 Å². The lowest BCUT2D eigenvalue weighted by molar-refractivity contribution is -0.126. The summed E-state index contributed by atoms with van der Waals surface area (Å²) in [6.07, 6.45) is 12.2. The van der Waals surface area contributed by atoms with Crippen molar-refractivity contribution >= 4 is 5.91 Å². The van der Waals surface area contributed by atoms with Gasteiger partial charge in [-0.05, 0) is 50.9 Å². The van der Waals surface area contributed by atoms with Crippen molar-refractivity contribution in [2.45, 2.75) is 51.9 Å². The zero-order valence-corrected chi connectivity index (χ0v) is 12.1. The summed E-state index contributed by atoms with van der Waals surface area (Å²) in [5.41, 5.74) is 0.329. The minimum atomic E-state index is 0.203. The molecular formula is C16H27NO2. The van der Waals surface area contributed by atoms with Crippen molar-refractivity contribution < 1.29 is 9.53 Å². The first-order chi connectivity index (χ1) is 9.26. The van der Waals surface area contributed by atoms with E-state index in [4.69, 9.17) is 4.74 Å². The highest BCUT2D eigenvalue weighted by Crippen LogP contribution is 2.43. The van der Waals surface area contributed by atoms with E-state index in [-0.39, 0.29) is 11.8 Å². The molecule has 0 bridgehead atoms. The molecule has 0 aliphatic heterocycles. The van der Waals surface area contributed by atoms with Crippen LogP contribution in [0.15, 0.2) is 12.2 Å². The summed E-state index contributed by atoms with van der Waals surface area (Å²) < 4.78 is 5.47. The summed E-state index contributed by atoms with van der Waals surface area (Å²) in [4.78, 5) is 12.1. The SMILES string of the molecule is CCOCCC1(CNC(=O)[C@H]2CC=CCC2)CCC1. The summed E-state index contributed by atoms with van der Waals surface area (Å²) in [6, 6.07) is 0. The van der Waals surface area contributed by atoms with Gasteiger partial charge in [0.25, 0.3) is 0 Å². The molecule has 0 aromatic heterocycles. The molecule has 1 saturated carbocycles. The van der Waals surface area contributed by atoms with Gasteiger partial charge in [0, 0.05) is 25.7 Å². The fraction of sp³-hybridized carbons (Fsp3) is 0.812. The molecule has 1 atom stereocenters. The van der Waals surface area contributed by atoms with Crippen LogP contribution >= 0.6 is 0 Å². The van der Waals surface area contributed by atoms with E-state index in [1.165, 1.54) is 19.3 Å². The third-order valence-corrected chi connectivity index (χ3v) is 4.67. The van der Waals surface area contributed by atoms with Crippen molar-refractivity contribution in [3.8, 4) is 0 Å². The van der Waals surface area contributed by atoms with Crippen molar-refractivity contribution in [1.29, 1.82) is 0 Å². The van der Waals surface area contributed by atoms with Gasteiger partial charge in [-0.2, -0.15) is 0 Å². The zero-order valence-electron chi connectivity index (χ0n) is 12.1. The highest BCUT2D eigenvalue weighted by molar-refractivity contribution is 5.79. The van der Waals surface area contributed by atoms with Gasteiger partial charge in [0.05, 0.1) is 0 Å². The van der Waals surface area contributed by atoms with Crippen molar-refractivity contribution in [3.05, 3.63) is 12.2 Å². The van der Waals surface area contributed by atoms with Gasteiger partial charge in [-0.1, -0.05) is 18.6 Å². The minimum absolute atomic E-state index is 0.203. The van der Waals surface area contributed by atoms with Gasteiger partial charge >= 0.3 is 0 Å². The molecule has 3 nitrogen and oxygen atoms in total. The molecule has 3 heteroatoms. The lowest BCUT2D eigenvalue weighted by Gasteiger charge is -2.42. The molecule has 0 unspecified atom stereocenters. The Morgan fingerprint density at radius 3 is 2.84 bits per heavy atom. The van der Waals surface area contributed by atoms with E-state index in [0.717, 1.165) is 45.4 Å². The van der Waals surface area contributed by atoms with Crippen molar-refractivity contribution in [2.24, 2.45) is 11.3 Å². The zero-order chi connectivity index (χ0) is 13.6. The molecular weight excluding hydrogens is 238 g/mol. The number of rotatable bonds is 7. The molecule has 0 aromatic rings. The Morgan fingerprint density at radius 2 is 2.26 bits per heavy atom. The van der Waals surface area contributed by atoms with E-state index in [0.29, 0.717) is 5.41 Å². The highest BCUT2D eigenvalue weighted by atomic mass is 16.5. The summed E-state index contributed by atoms with van der Waals surface area (Å²) >= 11 is 0. The van der Waals surface area contributed by atoms with E-state index in [9.17, 15) is 4.79 Å². The summed E-state index contributed by atoms with van der Waals surface area (Å²) in [7, 11) is 0. The fourth-order valence-corrected chi connectivity index (χ4v) is 3.08. The van der Waals surface area contributed by atoms with Gasteiger partial charge in [-0.3, -0.25) is 4.79 Å². The Balaban J connectivity index is 1.73. The van der Waals surface area contributed by atoms with Crippen LogP contribution < -0.4 is 5.32 Å². The second-order valence-corrected chi connectivity index (χ2v) is 6.00. The van der Waals surface area contributed by atoms with E-state index >= 15 is 0 Å². The van der Waals surface area contributed by atoms with Gasteiger partial charge in [-0.25, -0.2) is 0 Å². The van der Waals surface area contributed by atoms with Crippen LogP contribution in [0.1, 0.15) is 51.9 Å². The molecule has 2 aliphatic carbocycles. The van der Waals surface area contributed by atoms with Gasteiger partial charge in [0.2, 0.25) is 5.91 Å². The number of ether oxygens (including phenoxy) is 1. The van der Waals surface area contributed by atoms with Crippen molar-refractivity contribution in [1.82, 2.24) is 5.32 Å². The number of carbonyl (C=O) groups is 1. The molecule has 0 spiro atoms. The minimum Gasteiger partial charge on any atom is -0.382 e. The van der Waals surface area contributed by atoms with Gasteiger partial charge < -0.3 is 10.1 Å². The van der Waals surface area contributed by atoms with Gasteiger partial charge in [0.1, 0.15) is 0 Å². The largest absolute Gasteiger partial charge is 0.382 e. The van der Waals surface area contributed by atoms with E-state index in [1.807, 2.05) is 6.92 Å². The number of hydrogen-bond donors (Lipinski definition) is 1. The number of carbonyl (C=O) groups excluding carboxylic acids is 1. The Morgan fingerprint density at radius 1 is 1.42 bits per heavy atom. The average Bonchev–Trinajstić information content (AvgIpc) is 2.41. The van der Waals surface area contributed by atoms with Crippen molar-refractivity contribution in [2.75, 3.05) is 19.8 Å². The number of amides is 1. The molecule has 1 fully saturated rings. The molecule has 2 rings (SSSR count). The predicted molar refractivity (Wildman–Crippen MR) is 76.9 cm³/mol. The Kier molecular flexibility index (Phi) is 5.44. The fourth-order valence-electron chi connectivity index (χ4n) is 3.08. The van der Waals surface area contributed by atoms with Crippen LogP contribution in [0.5, 0.6) is 0 Å². The third-order valence-electron chi connectivity index (χ3n) is 4.67. The maximum atomic E-state index is 12.1. The van der Waals surface area contributed by atoms with Crippen LogP contribution in [-0.4, -0.2) is 25.7 Å². The second kappa shape index (κ2) is 7.09. The van der Waals surface area contributed by atoms with Crippen LogP contribution in [0.2, 0.25) is 0 Å². The molecule has 108 valence electrons. The van der Waals surface area contributed by atoms with Crippen molar-refractivity contribution in [3.63, 3.8) is 0 Å². The molecule has 0 radical (unpaired) electrons. The second-order valence-electron chi connectivity index (χ2n) is 6.00. The highest BCUT2D eigenvalue weighted by Gasteiger charge is 2.37. The summed E-state index contributed by atoms with van der Waals surface area (Å²) in [6.45, 7) is 4.50. The number of allylic oxidation sites excluding steroid dienone is 2. The summed E-state index contributed by atoms with van der Waals surface area (Å²) in [5.74, 6) is 0.459. The third kappa shape index (κ3) is 4.07. The first kappa shape index (κ1) is 14.6. The molecule has 1 amide bonds. The average molecular weight is 265 g/mol. The van der Waals surface area contributed by atoms with E-state index < -0.39 is 0 Å². The lowest BCUT2D eigenvalue weighted by Crippen LogP contribution is -2.44. The first-order valence-electron chi connectivity index (χ1n) is 7.76. The maximum absolute atomic E-state index is 12.1. The Labute approximate surface area is 116 Å². The van der Waals surface area contributed by atoms with E-state index in [2.05, 4.69) is 17.5 Å². The van der Waals surface area contributed by atoms with Crippen LogP contribution in [-0.2, 0) is 9.53 Å². The Bertz CT molecular complexity index is 321. The smallest absolute Gasteiger partial charge is 0.223 e. The normalized spacial score (nSPS) is 24.8. The molecule has 0 saturated heterocycles. The molecule has 1 N–H and O–H groups in total. The Hall–Kier alpha value is -0.830. The van der Waals surface area contributed by atoms with E-state index in [1.54, 1.807) is 0 Å². The summed E-state index contributed by atoms with van der Waals surface area (Å²) in [5, 5.41) is 3.19. The molecule has 0 aromatic carbocycles. The first-order valence-corrected chi connectivity index (χ1v) is 7.76. The monoisotopic (exact) mass is 265 g/mol. The van der Waals surface area contributed by atoms with Crippen LogP contribution in [0.3, 0.4) is 0 Å². The topological polar surface area (TPSA) is 38.3 Å². The molecule has 19 heavy (non-hydrogen) atoms. The number of nitrogens with one attached hydrogen (secondary N) is 1.